The lowest BCUT2D eigenvalue weighted by Gasteiger charge is -2.05. The molecular formula is C18H13BrN2O3. The first kappa shape index (κ1) is 17.4. The van der Waals surface area contributed by atoms with Crippen molar-refractivity contribution >= 4 is 39.6 Å². The van der Waals surface area contributed by atoms with Crippen LogP contribution in [0.1, 0.15) is 11.1 Å². The molecule has 2 aromatic carbocycles. The normalized spacial score (nSPS) is 10.2. The van der Waals surface area contributed by atoms with Gasteiger partial charge in [0, 0.05) is 16.2 Å². The zero-order valence-corrected chi connectivity index (χ0v) is 14.1. The molecule has 0 fully saturated rings. The summed E-state index contributed by atoms with van der Waals surface area (Å²) < 4.78 is 5.77. The zero-order chi connectivity index (χ0) is 17.4. The number of hydrogen-bond acceptors (Lipinski definition) is 4. The van der Waals surface area contributed by atoms with Crippen molar-refractivity contribution in [3.05, 3.63) is 70.2 Å². The Hall–Kier alpha value is -2.91. The summed E-state index contributed by atoms with van der Waals surface area (Å²) in [5.74, 6) is -1.06. The van der Waals surface area contributed by atoms with Gasteiger partial charge >= 0.3 is 5.97 Å². The number of rotatable bonds is 5. The van der Waals surface area contributed by atoms with Crippen molar-refractivity contribution in [3.8, 4) is 6.07 Å². The Morgan fingerprint density at radius 3 is 2.62 bits per heavy atom. The van der Waals surface area contributed by atoms with Crippen molar-refractivity contribution in [1.29, 1.82) is 5.26 Å². The van der Waals surface area contributed by atoms with E-state index in [0.29, 0.717) is 11.3 Å². The van der Waals surface area contributed by atoms with E-state index in [1.807, 2.05) is 30.3 Å². The zero-order valence-electron chi connectivity index (χ0n) is 12.5. The van der Waals surface area contributed by atoms with Crippen LogP contribution < -0.4 is 5.32 Å². The Balaban J connectivity index is 1.80. The van der Waals surface area contributed by atoms with Crippen molar-refractivity contribution < 1.29 is 14.3 Å². The molecule has 0 heterocycles. The van der Waals surface area contributed by atoms with Gasteiger partial charge in [-0.2, -0.15) is 5.26 Å². The smallest absolute Gasteiger partial charge is 0.331 e. The number of carbonyl (C=O) groups excluding carboxylic acids is 2. The highest BCUT2D eigenvalue weighted by Crippen LogP contribution is 2.12. The maximum atomic E-state index is 11.7. The van der Waals surface area contributed by atoms with Gasteiger partial charge in [0.05, 0.1) is 11.6 Å². The molecule has 1 N–H and O–H groups in total. The first-order chi connectivity index (χ1) is 11.6. The van der Waals surface area contributed by atoms with Gasteiger partial charge in [0.1, 0.15) is 0 Å². The molecule has 6 heteroatoms. The van der Waals surface area contributed by atoms with Crippen LogP contribution in [-0.4, -0.2) is 18.5 Å². The Morgan fingerprint density at radius 2 is 1.96 bits per heavy atom. The molecule has 0 atom stereocenters. The Morgan fingerprint density at radius 1 is 1.21 bits per heavy atom. The van der Waals surface area contributed by atoms with Crippen molar-refractivity contribution in [2.24, 2.45) is 0 Å². The molecule has 0 bridgehead atoms. The number of anilines is 1. The van der Waals surface area contributed by atoms with Crippen LogP contribution in [0.25, 0.3) is 6.08 Å². The number of halogens is 1. The lowest BCUT2D eigenvalue weighted by atomic mass is 10.2. The summed E-state index contributed by atoms with van der Waals surface area (Å²) in [7, 11) is 0. The molecular weight excluding hydrogens is 372 g/mol. The average Bonchev–Trinajstić information content (AvgIpc) is 2.59. The second-order valence-electron chi connectivity index (χ2n) is 4.73. The van der Waals surface area contributed by atoms with Crippen molar-refractivity contribution in [2.75, 3.05) is 11.9 Å². The first-order valence-corrected chi connectivity index (χ1v) is 7.76. The summed E-state index contributed by atoms with van der Waals surface area (Å²) >= 11 is 3.34. The minimum Gasteiger partial charge on any atom is -0.452 e. The number of ether oxygens (including phenoxy) is 1. The molecule has 0 aliphatic rings. The van der Waals surface area contributed by atoms with Crippen LogP contribution >= 0.6 is 15.9 Å². The van der Waals surface area contributed by atoms with Crippen LogP contribution in [0.5, 0.6) is 0 Å². The number of nitrogens with zero attached hydrogens (tertiary/aromatic N) is 1. The van der Waals surface area contributed by atoms with E-state index < -0.39 is 11.9 Å². The number of nitrogens with one attached hydrogen (secondary N) is 1. The first-order valence-electron chi connectivity index (χ1n) is 6.97. The van der Waals surface area contributed by atoms with Crippen LogP contribution in [0, 0.1) is 11.3 Å². The highest BCUT2D eigenvalue weighted by atomic mass is 79.9. The molecule has 1 amide bonds. The monoisotopic (exact) mass is 384 g/mol. The summed E-state index contributed by atoms with van der Waals surface area (Å²) in [5, 5.41) is 11.3. The number of benzene rings is 2. The second kappa shape index (κ2) is 8.65. The number of amides is 1. The predicted molar refractivity (Wildman–Crippen MR) is 93.9 cm³/mol. The quantitative estimate of drug-likeness (QED) is 0.631. The Labute approximate surface area is 147 Å². The summed E-state index contributed by atoms with van der Waals surface area (Å²) in [6.45, 7) is -0.387. The largest absolute Gasteiger partial charge is 0.452 e. The van der Waals surface area contributed by atoms with Gasteiger partial charge in [-0.15, -0.1) is 0 Å². The van der Waals surface area contributed by atoms with Gasteiger partial charge < -0.3 is 10.1 Å². The molecule has 24 heavy (non-hydrogen) atoms. The summed E-state index contributed by atoms with van der Waals surface area (Å²) in [5.41, 5.74) is 1.86. The lowest BCUT2D eigenvalue weighted by molar-refractivity contribution is -0.142. The van der Waals surface area contributed by atoms with Crippen molar-refractivity contribution in [2.45, 2.75) is 0 Å². The summed E-state index contributed by atoms with van der Waals surface area (Å²) in [4.78, 5) is 23.3. The molecule has 120 valence electrons. The van der Waals surface area contributed by atoms with Crippen LogP contribution in [0.2, 0.25) is 0 Å². The van der Waals surface area contributed by atoms with Crippen LogP contribution in [-0.2, 0) is 14.3 Å². The third-order valence-electron chi connectivity index (χ3n) is 2.90. The lowest BCUT2D eigenvalue weighted by Crippen LogP contribution is -2.20. The average molecular weight is 385 g/mol. The Kier molecular flexibility index (Phi) is 6.29. The fourth-order valence-corrected chi connectivity index (χ4v) is 2.20. The number of hydrogen-bond donors (Lipinski definition) is 1. The standard InChI is InChI=1S/C18H13BrN2O3/c19-15-3-1-2-13(10-15)6-9-18(23)24-12-17(22)21-16-7-4-14(11-20)5-8-16/h1-10H,12H2,(H,21,22). The van der Waals surface area contributed by atoms with E-state index in [-0.39, 0.29) is 6.61 Å². The predicted octanol–water partition coefficient (Wildman–Crippen LogP) is 3.52. The third kappa shape index (κ3) is 5.71. The van der Waals surface area contributed by atoms with Crippen molar-refractivity contribution in [1.82, 2.24) is 0 Å². The SMILES string of the molecule is N#Cc1ccc(NC(=O)COC(=O)C=Cc2cccc(Br)c2)cc1. The number of carbonyl (C=O) groups is 2. The van der Waals surface area contributed by atoms with Crippen LogP contribution in [0.4, 0.5) is 5.69 Å². The Bertz CT molecular complexity index is 808. The molecule has 0 radical (unpaired) electrons. The summed E-state index contributed by atoms with van der Waals surface area (Å²) in [6, 6.07) is 15.8. The fraction of sp³-hybridized carbons (Fsp3) is 0.0556. The molecule has 0 saturated carbocycles. The molecule has 5 nitrogen and oxygen atoms in total. The van der Waals surface area contributed by atoms with Gasteiger partial charge in [0.2, 0.25) is 0 Å². The second-order valence-corrected chi connectivity index (χ2v) is 5.65. The minimum absolute atomic E-state index is 0.387. The van der Waals surface area contributed by atoms with E-state index in [1.54, 1.807) is 30.3 Å². The molecule has 0 saturated heterocycles. The van der Waals surface area contributed by atoms with Crippen molar-refractivity contribution in [3.63, 3.8) is 0 Å². The molecule has 0 spiro atoms. The highest BCUT2D eigenvalue weighted by molar-refractivity contribution is 9.10. The molecule has 0 aliphatic heterocycles. The van der Waals surface area contributed by atoms with E-state index >= 15 is 0 Å². The van der Waals surface area contributed by atoms with Gasteiger partial charge in [-0.1, -0.05) is 28.1 Å². The van der Waals surface area contributed by atoms with Gasteiger partial charge in [-0.25, -0.2) is 4.79 Å². The number of nitriles is 1. The van der Waals surface area contributed by atoms with Gasteiger partial charge in [-0.3, -0.25) is 4.79 Å². The fourth-order valence-electron chi connectivity index (χ4n) is 1.78. The molecule has 0 aromatic heterocycles. The molecule has 2 aromatic rings. The summed E-state index contributed by atoms with van der Waals surface area (Å²) in [6.07, 6.45) is 2.86. The van der Waals surface area contributed by atoms with E-state index in [0.717, 1.165) is 10.0 Å². The van der Waals surface area contributed by atoms with Crippen LogP contribution in [0.15, 0.2) is 59.1 Å². The van der Waals surface area contributed by atoms with Crippen LogP contribution in [0.3, 0.4) is 0 Å². The minimum atomic E-state index is -0.607. The maximum Gasteiger partial charge on any atom is 0.331 e. The molecule has 0 aliphatic carbocycles. The van der Waals surface area contributed by atoms with Gasteiger partial charge in [0.15, 0.2) is 6.61 Å². The third-order valence-corrected chi connectivity index (χ3v) is 3.40. The maximum absolute atomic E-state index is 11.7. The molecule has 0 unspecified atom stereocenters. The van der Waals surface area contributed by atoms with E-state index in [4.69, 9.17) is 10.00 Å². The van der Waals surface area contributed by atoms with E-state index in [9.17, 15) is 9.59 Å². The van der Waals surface area contributed by atoms with E-state index in [2.05, 4.69) is 21.2 Å². The highest BCUT2D eigenvalue weighted by Gasteiger charge is 2.05. The number of esters is 1. The van der Waals surface area contributed by atoms with Gasteiger partial charge in [0.25, 0.3) is 5.91 Å². The molecule has 2 rings (SSSR count). The van der Waals surface area contributed by atoms with E-state index in [1.165, 1.54) is 6.08 Å². The topological polar surface area (TPSA) is 79.2 Å². The van der Waals surface area contributed by atoms with Gasteiger partial charge in [-0.05, 0) is 48.0 Å².